The first-order valence-electron chi connectivity index (χ1n) is 5.75. The smallest absolute Gasteiger partial charge is 0.102 e. The first-order chi connectivity index (χ1) is 8.19. The monoisotopic (exact) mass is 240 g/mol. The number of aliphatic hydroxyl groups excluding tert-OH is 3. The van der Waals surface area contributed by atoms with E-state index in [1.165, 1.54) is 6.08 Å². The summed E-state index contributed by atoms with van der Waals surface area (Å²) in [5.74, 6) is -0.0351. The number of ether oxygens (including phenoxy) is 1. The van der Waals surface area contributed by atoms with Crippen LogP contribution in [0.4, 0.5) is 0 Å². The fourth-order valence-electron chi connectivity index (χ4n) is 1.62. The van der Waals surface area contributed by atoms with Gasteiger partial charge >= 0.3 is 0 Å². The van der Waals surface area contributed by atoms with Gasteiger partial charge in [0.15, 0.2) is 0 Å². The maximum absolute atomic E-state index is 9.94. The molecule has 1 fully saturated rings. The van der Waals surface area contributed by atoms with Crippen LogP contribution in [0.5, 0.6) is 0 Å². The Kier molecular flexibility index (Phi) is 6.15. The molecule has 1 rings (SSSR count). The topological polar surface area (TPSA) is 69.9 Å². The van der Waals surface area contributed by atoms with Crippen LogP contribution in [0, 0.1) is 5.92 Å². The van der Waals surface area contributed by atoms with Gasteiger partial charge in [-0.25, -0.2) is 0 Å². The van der Waals surface area contributed by atoms with Crippen LogP contribution < -0.4 is 0 Å². The van der Waals surface area contributed by atoms with Crippen molar-refractivity contribution in [2.45, 2.75) is 25.2 Å². The highest BCUT2D eigenvalue weighted by atomic mass is 16.5. The fraction of sp³-hybridized carbons (Fsp3) is 0.538. The summed E-state index contributed by atoms with van der Waals surface area (Å²) < 4.78 is 5.40. The van der Waals surface area contributed by atoms with E-state index in [1.54, 1.807) is 6.08 Å². The number of hydrogen-bond donors (Lipinski definition) is 3. The van der Waals surface area contributed by atoms with Gasteiger partial charge in [0.2, 0.25) is 0 Å². The fourth-order valence-corrected chi connectivity index (χ4v) is 1.62. The second-order valence-electron chi connectivity index (χ2n) is 4.00. The van der Waals surface area contributed by atoms with Crippen LogP contribution in [0.15, 0.2) is 36.5 Å². The van der Waals surface area contributed by atoms with E-state index in [9.17, 15) is 5.11 Å². The molecule has 0 unspecified atom stereocenters. The second-order valence-corrected chi connectivity index (χ2v) is 4.00. The Bertz CT molecular complexity index is 296. The van der Waals surface area contributed by atoms with Gasteiger partial charge in [0.05, 0.1) is 25.4 Å². The maximum Gasteiger partial charge on any atom is 0.102 e. The largest absolute Gasteiger partial charge is 0.393 e. The van der Waals surface area contributed by atoms with Gasteiger partial charge in [0.1, 0.15) is 6.10 Å². The quantitative estimate of drug-likeness (QED) is 0.481. The minimum absolute atomic E-state index is 0.0351. The number of hydrogen-bond acceptors (Lipinski definition) is 4. The molecule has 17 heavy (non-hydrogen) atoms. The molecular formula is C13H20O4. The van der Waals surface area contributed by atoms with Crippen LogP contribution in [0.3, 0.4) is 0 Å². The Labute approximate surface area is 102 Å². The summed E-state index contributed by atoms with van der Waals surface area (Å²) >= 11 is 0. The van der Waals surface area contributed by atoms with Crippen molar-refractivity contribution in [3.05, 3.63) is 36.5 Å². The molecule has 0 aliphatic carbocycles. The zero-order valence-electron chi connectivity index (χ0n) is 9.94. The Balaban J connectivity index is 2.49. The molecule has 4 nitrogen and oxygen atoms in total. The molecule has 0 amide bonds. The normalized spacial score (nSPS) is 32.1. The van der Waals surface area contributed by atoms with Crippen LogP contribution in [0.1, 0.15) is 6.92 Å². The van der Waals surface area contributed by atoms with Gasteiger partial charge in [-0.3, -0.25) is 0 Å². The van der Waals surface area contributed by atoms with Crippen molar-refractivity contribution < 1.29 is 20.1 Å². The molecule has 1 aliphatic rings. The lowest BCUT2D eigenvalue weighted by Crippen LogP contribution is -2.24. The molecule has 0 radical (unpaired) electrons. The average Bonchev–Trinajstić information content (AvgIpc) is 2.68. The van der Waals surface area contributed by atoms with Crippen molar-refractivity contribution >= 4 is 0 Å². The van der Waals surface area contributed by atoms with Gasteiger partial charge in [-0.15, -0.1) is 0 Å². The molecule has 96 valence electrons. The zero-order chi connectivity index (χ0) is 12.7. The Morgan fingerprint density at radius 1 is 1.35 bits per heavy atom. The highest BCUT2D eigenvalue weighted by Gasteiger charge is 2.32. The standard InChI is InChI=1S/C13H20O4/c1-2-3-4-5-10-9-17-12(13(10)16)7-6-11(15)8-14/h2-7,10-16H,8-9H2,1H3/b3-2+,5-4+,7-6+/t10-,11-,12-,13-/m1/s1. The van der Waals surface area contributed by atoms with Crippen LogP contribution in [0.2, 0.25) is 0 Å². The van der Waals surface area contributed by atoms with Crippen molar-refractivity contribution in [1.29, 1.82) is 0 Å². The third-order valence-corrected chi connectivity index (χ3v) is 2.63. The Morgan fingerprint density at radius 2 is 2.12 bits per heavy atom. The van der Waals surface area contributed by atoms with Crippen molar-refractivity contribution in [1.82, 2.24) is 0 Å². The number of allylic oxidation sites excluding steroid dienone is 3. The molecule has 0 aromatic rings. The minimum Gasteiger partial charge on any atom is -0.393 e. The third-order valence-electron chi connectivity index (χ3n) is 2.63. The summed E-state index contributed by atoms with van der Waals surface area (Å²) in [6.07, 6.45) is 8.69. The van der Waals surface area contributed by atoms with Crippen molar-refractivity contribution in [2.24, 2.45) is 5.92 Å². The molecule has 1 aliphatic heterocycles. The SMILES string of the molecule is C/C=C/C=C/[C@@H]1CO[C@H](/C=C/[C@@H](O)CO)[C@@H]1O. The Morgan fingerprint density at radius 3 is 2.76 bits per heavy atom. The first kappa shape index (κ1) is 14.1. The van der Waals surface area contributed by atoms with E-state index >= 15 is 0 Å². The lowest BCUT2D eigenvalue weighted by molar-refractivity contribution is 0.0704. The first-order valence-corrected chi connectivity index (χ1v) is 5.75. The summed E-state index contributed by atoms with van der Waals surface area (Å²) in [7, 11) is 0. The van der Waals surface area contributed by atoms with E-state index in [1.807, 2.05) is 31.2 Å². The molecule has 0 bridgehead atoms. The van der Waals surface area contributed by atoms with E-state index < -0.39 is 18.3 Å². The van der Waals surface area contributed by atoms with Crippen LogP contribution in [-0.4, -0.2) is 46.8 Å². The average molecular weight is 240 g/mol. The van der Waals surface area contributed by atoms with Crippen molar-refractivity contribution in [2.75, 3.05) is 13.2 Å². The zero-order valence-corrected chi connectivity index (χ0v) is 9.94. The molecule has 0 aromatic heterocycles. The molecule has 4 atom stereocenters. The van der Waals surface area contributed by atoms with Gasteiger partial charge < -0.3 is 20.1 Å². The van der Waals surface area contributed by atoms with E-state index in [0.29, 0.717) is 6.61 Å². The van der Waals surface area contributed by atoms with Gasteiger partial charge in [0, 0.05) is 5.92 Å². The summed E-state index contributed by atoms with van der Waals surface area (Å²) in [5.41, 5.74) is 0. The van der Waals surface area contributed by atoms with Gasteiger partial charge in [-0.05, 0) is 6.92 Å². The summed E-state index contributed by atoms with van der Waals surface area (Å²) in [6, 6.07) is 0. The molecule has 4 heteroatoms. The molecule has 1 saturated heterocycles. The predicted molar refractivity (Wildman–Crippen MR) is 65.4 cm³/mol. The van der Waals surface area contributed by atoms with Gasteiger partial charge in [-0.2, -0.15) is 0 Å². The lowest BCUT2D eigenvalue weighted by atomic mass is 10.0. The van der Waals surface area contributed by atoms with Crippen molar-refractivity contribution in [3.8, 4) is 0 Å². The van der Waals surface area contributed by atoms with Crippen LogP contribution >= 0.6 is 0 Å². The third kappa shape index (κ3) is 4.44. The summed E-state index contributed by atoms with van der Waals surface area (Å²) in [6.45, 7) is 2.05. The van der Waals surface area contributed by atoms with Gasteiger partial charge in [0.25, 0.3) is 0 Å². The highest BCUT2D eigenvalue weighted by molar-refractivity contribution is 5.09. The minimum atomic E-state index is -0.900. The molecule has 0 aromatic carbocycles. The van der Waals surface area contributed by atoms with Crippen molar-refractivity contribution in [3.63, 3.8) is 0 Å². The van der Waals surface area contributed by atoms with Crippen LogP contribution in [-0.2, 0) is 4.74 Å². The Hall–Kier alpha value is -0.940. The lowest BCUT2D eigenvalue weighted by Gasteiger charge is -2.12. The van der Waals surface area contributed by atoms with Crippen LogP contribution in [0.25, 0.3) is 0 Å². The van der Waals surface area contributed by atoms with E-state index in [0.717, 1.165) is 0 Å². The summed E-state index contributed by atoms with van der Waals surface area (Å²) in [4.78, 5) is 0. The maximum atomic E-state index is 9.94. The molecular weight excluding hydrogens is 220 g/mol. The number of aliphatic hydroxyl groups is 3. The summed E-state index contributed by atoms with van der Waals surface area (Å²) in [5, 5.41) is 27.7. The van der Waals surface area contributed by atoms with Gasteiger partial charge in [-0.1, -0.05) is 36.5 Å². The van der Waals surface area contributed by atoms with E-state index in [-0.39, 0.29) is 12.5 Å². The highest BCUT2D eigenvalue weighted by Crippen LogP contribution is 2.22. The molecule has 0 spiro atoms. The van der Waals surface area contributed by atoms with E-state index in [2.05, 4.69) is 0 Å². The predicted octanol–water partition coefficient (Wildman–Crippen LogP) is 0.404. The molecule has 3 N–H and O–H groups in total. The number of rotatable bonds is 5. The molecule has 1 heterocycles. The molecule has 0 saturated carbocycles. The van der Waals surface area contributed by atoms with E-state index in [4.69, 9.17) is 14.9 Å². The second kappa shape index (κ2) is 7.40.